The maximum atomic E-state index is 11.9. The molecule has 2 rings (SSSR count). The summed E-state index contributed by atoms with van der Waals surface area (Å²) in [6.45, 7) is 1.92. The molecule has 0 spiro atoms. The average Bonchev–Trinajstić information content (AvgIpc) is 2.39. The summed E-state index contributed by atoms with van der Waals surface area (Å²) in [5.41, 5.74) is 0.915. The van der Waals surface area contributed by atoms with Crippen LogP contribution in [0.2, 0.25) is 0 Å². The van der Waals surface area contributed by atoms with Gasteiger partial charge < -0.3 is 4.74 Å². The minimum Gasteiger partial charge on any atom is -0.465 e. The quantitative estimate of drug-likeness (QED) is 0.748. The largest absolute Gasteiger partial charge is 0.465 e. The van der Waals surface area contributed by atoms with Crippen LogP contribution in [0.1, 0.15) is 15.9 Å². The molecule has 0 aliphatic rings. The van der Waals surface area contributed by atoms with Crippen molar-refractivity contribution in [2.75, 3.05) is 7.11 Å². The fourth-order valence-corrected chi connectivity index (χ4v) is 1.52. The van der Waals surface area contributed by atoms with Gasteiger partial charge in [-0.05, 0) is 24.6 Å². The first kappa shape index (κ1) is 12.0. The van der Waals surface area contributed by atoms with Crippen molar-refractivity contribution < 1.29 is 9.53 Å². The van der Waals surface area contributed by atoms with E-state index < -0.39 is 5.97 Å². The Morgan fingerprint density at radius 1 is 1.33 bits per heavy atom. The highest BCUT2D eigenvalue weighted by molar-refractivity contribution is 5.89. The third kappa shape index (κ3) is 2.29. The maximum Gasteiger partial charge on any atom is 0.338 e. The number of aryl methyl sites for hydroxylation is 1. The van der Waals surface area contributed by atoms with Gasteiger partial charge in [0.2, 0.25) is 0 Å². The number of hydrogen-bond donors (Lipinski definition) is 0. The zero-order valence-electron chi connectivity index (χ0n) is 10.1. The number of carbonyl (C=O) groups excluding carboxylic acids is 1. The van der Waals surface area contributed by atoms with Gasteiger partial charge in [-0.15, -0.1) is 0 Å². The van der Waals surface area contributed by atoms with Crippen molar-refractivity contribution >= 4 is 5.97 Å². The standard InChI is InChI=1S/C13H12N2O3/c1-9-3-4-11(14-8-9)15-6-5-10(7-12(15)16)13(17)18-2/h3-8H,1-2H3. The number of esters is 1. The Kier molecular flexibility index (Phi) is 3.23. The highest BCUT2D eigenvalue weighted by atomic mass is 16.5. The fraction of sp³-hybridized carbons (Fsp3) is 0.154. The van der Waals surface area contributed by atoms with Gasteiger partial charge in [0.1, 0.15) is 5.82 Å². The molecule has 0 unspecified atom stereocenters. The van der Waals surface area contributed by atoms with E-state index in [9.17, 15) is 9.59 Å². The van der Waals surface area contributed by atoms with Crippen molar-refractivity contribution in [1.82, 2.24) is 9.55 Å². The highest BCUT2D eigenvalue weighted by Crippen LogP contribution is 2.04. The Morgan fingerprint density at radius 2 is 2.11 bits per heavy atom. The Bertz CT molecular complexity index is 629. The molecule has 2 aromatic heterocycles. The van der Waals surface area contributed by atoms with Gasteiger partial charge in [-0.25, -0.2) is 9.78 Å². The number of methoxy groups -OCH3 is 1. The molecule has 0 amide bonds. The van der Waals surface area contributed by atoms with Crippen molar-refractivity contribution in [3.63, 3.8) is 0 Å². The van der Waals surface area contributed by atoms with Crippen LogP contribution in [0.25, 0.3) is 5.82 Å². The smallest absolute Gasteiger partial charge is 0.338 e. The first-order chi connectivity index (χ1) is 8.61. The Labute approximate surface area is 104 Å². The molecule has 0 aliphatic heterocycles. The molecule has 2 aromatic rings. The summed E-state index contributed by atoms with van der Waals surface area (Å²) in [4.78, 5) is 27.3. The number of aromatic nitrogens is 2. The second-order valence-electron chi connectivity index (χ2n) is 3.81. The average molecular weight is 244 g/mol. The van der Waals surface area contributed by atoms with Crippen molar-refractivity contribution in [3.05, 3.63) is 58.1 Å². The highest BCUT2D eigenvalue weighted by Gasteiger charge is 2.08. The molecule has 5 nitrogen and oxygen atoms in total. The lowest BCUT2D eigenvalue weighted by atomic mass is 10.2. The van der Waals surface area contributed by atoms with Crippen LogP contribution >= 0.6 is 0 Å². The molecule has 0 N–H and O–H groups in total. The minimum absolute atomic E-state index is 0.228. The van der Waals surface area contributed by atoms with Crippen molar-refractivity contribution in [2.24, 2.45) is 0 Å². The predicted molar refractivity (Wildman–Crippen MR) is 65.9 cm³/mol. The second kappa shape index (κ2) is 4.83. The van der Waals surface area contributed by atoms with Gasteiger partial charge in [-0.2, -0.15) is 0 Å². The van der Waals surface area contributed by atoms with E-state index in [1.54, 1.807) is 12.3 Å². The van der Waals surface area contributed by atoms with Gasteiger partial charge in [0.25, 0.3) is 5.56 Å². The monoisotopic (exact) mass is 244 g/mol. The Morgan fingerprint density at radius 3 is 2.67 bits per heavy atom. The molecule has 0 atom stereocenters. The van der Waals surface area contributed by atoms with Crippen molar-refractivity contribution in [3.8, 4) is 5.82 Å². The molecule has 0 saturated heterocycles. The molecule has 18 heavy (non-hydrogen) atoms. The molecule has 0 aliphatic carbocycles. The van der Waals surface area contributed by atoms with Crippen LogP contribution in [-0.2, 0) is 4.74 Å². The zero-order valence-corrected chi connectivity index (χ0v) is 10.1. The first-order valence-corrected chi connectivity index (χ1v) is 5.36. The maximum absolute atomic E-state index is 11.9. The summed E-state index contributed by atoms with van der Waals surface area (Å²) in [6.07, 6.45) is 3.18. The molecule has 5 heteroatoms. The first-order valence-electron chi connectivity index (χ1n) is 5.36. The van der Waals surface area contributed by atoms with Crippen LogP contribution in [0, 0.1) is 6.92 Å². The normalized spacial score (nSPS) is 10.1. The second-order valence-corrected chi connectivity index (χ2v) is 3.81. The molecule has 0 bridgehead atoms. The van der Waals surface area contributed by atoms with Crippen molar-refractivity contribution in [1.29, 1.82) is 0 Å². The lowest BCUT2D eigenvalue weighted by molar-refractivity contribution is 0.0600. The van der Waals surface area contributed by atoms with Gasteiger partial charge >= 0.3 is 5.97 Å². The summed E-state index contributed by atoms with van der Waals surface area (Å²) in [6, 6.07) is 6.36. The number of rotatable bonds is 2. The number of pyridine rings is 2. The third-order valence-electron chi connectivity index (χ3n) is 2.48. The summed E-state index contributed by atoms with van der Waals surface area (Å²) in [5.74, 6) is -0.0156. The van der Waals surface area contributed by atoms with E-state index in [0.717, 1.165) is 5.56 Å². The van der Waals surface area contributed by atoms with E-state index in [1.165, 1.54) is 30.0 Å². The minimum atomic E-state index is -0.531. The van der Waals surface area contributed by atoms with E-state index >= 15 is 0 Å². The lowest BCUT2D eigenvalue weighted by Gasteiger charge is -2.05. The van der Waals surface area contributed by atoms with E-state index in [4.69, 9.17) is 0 Å². The van der Waals surface area contributed by atoms with Gasteiger partial charge in [0.05, 0.1) is 12.7 Å². The van der Waals surface area contributed by atoms with Crippen LogP contribution in [0.5, 0.6) is 0 Å². The molecule has 0 saturated carbocycles. The summed E-state index contributed by atoms with van der Waals surface area (Å²) in [5, 5.41) is 0. The van der Waals surface area contributed by atoms with E-state index in [2.05, 4.69) is 9.72 Å². The Balaban J connectivity index is 2.45. The lowest BCUT2D eigenvalue weighted by Crippen LogP contribution is -2.19. The van der Waals surface area contributed by atoms with E-state index in [0.29, 0.717) is 5.82 Å². The SMILES string of the molecule is COC(=O)c1ccn(-c2ccc(C)cn2)c(=O)c1. The van der Waals surface area contributed by atoms with Gasteiger partial charge in [0.15, 0.2) is 0 Å². The molecule has 0 radical (unpaired) electrons. The van der Waals surface area contributed by atoms with Crippen LogP contribution in [0.4, 0.5) is 0 Å². The van der Waals surface area contributed by atoms with Crippen LogP contribution in [0.3, 0.4) is 0 Å². The molecule has 2 heterocycles. The molecular formula is C13H12N2O3. The number of hydrogen-bond acceptors (Lipinski definition) is 4. The summed E-state index contributed by atoms with van der Waals surface area (Å²) >= 11 is 0. The molecular weight excluding hydrogens is 232 g/mol. The fourth-order valence-electron chi connectivity index (χ4n) is 1.52. The third-order valence-corrected chi connectivity index (χ3v) is 2.48. The van der Waals surface area contributed by atoms with Crippen molar-refractivity contribution in [2.45, 2.75) is 6.92 Å². The molecule has 0 fully saturated rings. The van der Waals surface area contributed by atoms with Crippen LogP contribution < -0.4 is 5.56 Å². The topological polar surface area (TPSA) is 61.2 Å². The molecule has 0 aromatic carbocycles. The van der Waals surface area contributed by atoms with Gasteiger partial charge in [-0.3, -0.25) is 9.36 Å². The Hall–Kier alpha value is -2.43. The van der Waals surface area contributed by atoms with Crippen LogP contribution in [0.15, 0.2) is 41.5 Å². The molecule has 92 valence electrons. The number of ether oxygens (including phenoxy) is 1. The predicted octanol–water partition coefficient (Wildman–Crippen LogP) is 1.33. The van der Waals surface area contributed by atoms with Crippen LogP contribution in [-0.4, -0.2) is 22.6 Å². The summed E-state index contributed by atoms with van der Waals surface area (Å²) < 4.78 is 5.92. The van der Waals surface area contributed by atoms with Gasteiger partial charge in [0, 0.05) is 18.5 Å². The number of carbonyl (C=O) groups is 1. The summed E-state index contributed by atoms with van der Waals surface area (Å²) in [7, 11) is 1.27. The van der Waals surface area contributed by atoms with E-state index in [1.807, 2.05) is 13.0 Å². The van der Waals surface area contributed by atoms with Gasteiger partial charge in [-0.1, -0.05) is 6.07 Å². The van der Waals surface area contributed by atoms with E-state index in [-0.39, 0.29) is 11.1 Å². The zero-order chi connectivity index (χ0) is 13.1. The number of nitrogens with zero attached hydrogens (tertiary/aromatic N) is 2.